The highest BCUT2D eigenvalue weighted by molar-refractivity contribution is 6.30. The summed E-state index contributed by atoms with van der Waals surface area (Å²) in [4.78, 5) is 0. The van der Waals surface area contributed by atoms with E-state index < -0.39 is 0 Å². The molecule has 0 aliphatic heterocycles. The van der Waals surface area contributed by atoms with E-state index >= 15 is 0 Å². The Morgan fingerprint density at radius 2 is 2.17 bits per heavy atom. The van der Waals surface area contributed by atoms with Crippen LogP contribution < -0.4 is 5.32 Å². The van der Waals surface area contributed by atoms with Crippen LogP contribution in [0.15, 0.2) is 18.2 Å². The van der Waals surface area contributed by atoms with Crippen molar-refractivity contribution in [2.45, 2.75) is 13.5 Å². The normalized spacial score (nSPS) is 10.2. The first-order valence-electron chi connectivity index (χ1n) is 3.88. The number of hydrogen-bond acceptors (Lipinski definition) is 1. The first kappa shape index (κ1) is 9.49. The van der Waals surface area contributed by atoms with Gasteiger partial charge in [-0.15, -0.1) is 0 Å². The molecule has 1 aromatic carbocycles. The van der Waals surface area contributed by atoms with Crippen LogP contribution in [-0.4, -0.2) is 6.54 Å². The summed E-state index contributed by atoms with van der Waals surface area (Å²) in [6.07, 6.45) is 0. The van der Waals surface area contributed by atoms with Crippen molar-refractivity contribution in [3.8, 4) is 0 Å². The Kier molecular flexibility index (Phi) is 3.50. The molecule has 0 aromatic heterocycles. The SMILES string of the molecule is CCNCc1cc(F)cc(Cl)c1. The Hall–Kier alpha value is -0.600. The van der Waals surface area contributed by atoms with E-state index in [9.17, 15) is 4.39 Å². The molecule has 0 saturated heterocycles. The van der Waals surface area contributed by atoms with E-state index in [4.69, 9.17) is 11.6 Å². The van der Waals surface area contributed by atoms with Gasteiger partial charge in [-0.3, -0.25) is 0 Å². The topological polar surface area (TPSA) is 12.0 Å². The fraction of sp³-hybridized carbons (Fsp3) is 0.333. The molecule has 0 fully saturated rings. The summed E-state index contributed by atoms with van der Waals surface area (Å²) in [6, 6.07) is 4.54. The summed E-state index contributed by atoms with van der Waals surface area (Å²) in [5, 5.41) is 3.54. The van der Waals surface area contributed by atoms with Gasteiger partial charge in [0.15, 0.2) is 0 Å². The lowest BCUT2D eigenvalue weighted by atomic mass is 10.2. The highest BCUT2D eigenvalue weighted by Gasteiger charge is 1.97. The summed E-state index contributed by atoms with van der Waals surface area (Å²) in [5.74, 6) is -0.282. The molecule has 0 atom stereocenters. The molecule has 0 amide bonds. The number of nitrogens with one attached hydrogen (secondary N) is 1. The molecule has 1 N–H and O–H groups in total. The Labute approximate surface area is 76.5 Å². The summed E-state index contributed by atoms with van der Waals surface area (Å²) < 4.78 is 12.7. The van der Waals surface area contributed by atoms with E-state index in [1.807, 2.05) is 6.92 Å². The lowest BCUT2D eigenvalue weighted by Gasteiger charge is -2.02. The van der Waals surface area contributed by atoms with Crippen LogP contribution in [-0.2, 0) is 6.54 Å². The number of rotatable bonds is 3. The van der Waals surface area contributed by atoms with Crippen LogP contribution in [0, 0.1) is 5.82 Å². The van der Waals surface area contributed by atoms with Gasteiger partial charge in [-0.1, -0.05) is 18.5 Å². The summed E-state index contributed by atoms with van der Waals surface area (Å²) in [6.45, 7) is 3.53. The maximum Gasteiger partial charge on any atom is 0.125 e. The molecule has 0 aliphatic rings. The van der Waals surface area contributed by atoms with Gasteiger partial charge in [-0.25, -0.2) is 4.39 Å². The second-order valence-corrected chi connectivity index (χ2v) is 2.99. The number of hydrogen-bond donors (Lipinski definition) is 1. The van der Waals surface area contributed by atoms with Gasteiger partial charge in [0.2, 0.25) is 0 Å². The van der Waals surface area contributed by atoms with E-state index in [2.05, 4.69) is 5.32 Å². The second kappa shape index (κ2) is 4.43. The zero-order valence-electron chi connectivity index (χ0n) is 6.90. The highest BCUT2D eigenvalue weighted by Crippen LogP contribution is 2.13. The average Bonchev–Trinajstić information content (AvgIpc) is 1.99. The fourth-order valence-electron chi connectivity index (χ4n) is 0.982. The standard InChI is InChI=1S/C9H11ClFN/c1-2-12-6-7-3-8(10)5-9(11)4-7/h3-5,12H,2,6H2,1H3. The molecule has 0 heterocycles. The quantitative estimate of drug-likeness (QED) is 0.767. The molecule has 0 bridgehead atoms. The molecule has 12 heavy (non-hydrogen) atoms. The third-order valence-electron chi connectivity index (χ3n) is 1.50. The lowest BCUT2D eigenvalue weighted by Crippen LogP contribution is -2.11. The first-order chi connectivity index (χ1) is 5.72. The third-order valence-corrected chi connectivity index (χ3v) is 1.72. The van der Waals surface area contributed by atoms with Crippen molar-refractivity contribution in [1.82, 2.24) is 5.32 Å². The number of benzene rings is 1. The average molecular weight is 188 g/mol. The van der Waals surface area contributed by atoms with Gasteiger partial charge in [0.1, 0.15) is 5.82 Å². The molecular weight excluding hydrogens is 177 g/mol. The minimum Gasteiger partial charge on any atom is -0.313 e. The zero-order valence-corrected chi connectivity index (χ0v) is 7.66. The van der Waals surface area contributed by atoms with Gasteiger partial charge in [-0.05, 0) is 30.3 Å². The summed E-state index contributed by atoms with van der Waals surface area (Å²) >= 11 is 5.66. The van der Waals surface area contributed by atoms with Gasteiger partial charge in [0.25, 0.3) is 0 Å². The van der Waals surface area contributed by atoms with Gasteiger partial charge in [0.05, 0.1) is 0 Å². The molecule has 0 spiro atoms. The minimum atomic E-state index is -0.282. The zero-order chi connectivity index (χ0) is 8.97. The first-order valence-corrected chi connectivity index (χ1v) is 4.26. The molecule has 1 rings (SSSR count). The maximum atomic E-state index is 12.7. The maximum absolute atomic E-state index is 12.7. The largest absolute Gasteiger partial charge is 0.313 e. The van der Waals surface area contributed by atoms with Crippen LogP contribution in [0.3, 0.4) is 0 Å². The van der Waals surface area contributed by atoms with Crippen LogP contribution in [0.2, 0.25) is 5.02 Å². The molecule has 0 aliphatic carbocycles. The lowest BCUT2D eigenvalue weighted by molar-refractivity contribution is 0.622. The van der Waals surface area contributed by atoms with Crippen LogP contribution in [0.25, 0.3) is 0 Å². The van der Waals surface area contributed by atoms with Crippen molar-refractivity contribution >= 4 is 11.6 Å². The molecular formula is C9H11ClFN. The van der Waals surface area contributed by atoms with E-state index in [0.29, 0.717) is 11.6 Å². The molecule has 0 unspecified atom stereocenters. The minimum absolute atomic E-state index is 0.282. The van der Waals surface area contributed by atoms with E-state index in [1.54, 1.807) is 6.07 Å². The Balaban J connectivity index is 2.72. The molecule has 0 radical (unpaired) electrons. The Morgan fingerprint density at radius 1 is 1.42 bits per heavy atom. The van der Waals surface area contributed by atoms with Crippen LogP contribution in [0.4, 0.5) is 4.39 Å². The van der Waals surface area contributed by atoms with Gasteiger partial charge in [-0.2, -0.15) is 0 Å². The monoisotopic (exact) mass is 187 g/mol. The van der Waals surface area contributed by atoms with Crippen molar-refractivity contribution in [2.75, 3.05) is 6.54 Å². The van der Waals surface area contributed by atoms with Crippen molar-refractivity contribution in [3.63, 3.8) is 0 Å². The van der Waals surface area contributed by atoms with Gasteiger partial charge in [0, 0.05) is 11.6 Å². The molecule has 3 heteroatoms. The summed E-state index contributed by atoms with van der Waals surface area (Å²) in [5.41, 5.74) is 0.877. The Bertz CT molecular complexity index is 242. The number of halogens is 2. The van der Waals surface area contributed by atoms with E-state index in [0.717, 1.165) is 12.1 Å². The molecule has 0 saturated carbocycles. The Morgan fingerprint density at radius 3 is 2.75 bits per heavy atom. The van der Waals surface area contributed by atoms with Crippen LogP contribution >= 0.6 is 11.6 Å². The predicted octanol–water partition coefficient (Wildman–Crippen LogP) is 2.59. The van der Waals surface area contributed by atoms with Gasteiger partial charge < -0.3 is 5.32 Å². The molecule has 1 aromatic rings. The van der Waals surface area contributed by atoms with Crippen molar-refractivity contribution in [1.29, 1.82) is 0 Å². The summed E-state index contributed by atoms with van der Waals surface area (Å²) in [7, 11) is 0. The van der Waals surface area contributed by atoms with Crippen molar-refractivity contribution in [2.24, 2.45) is 0 Å². The molecule has 66 valence electrons. The highest BCUT2D eigenvalue weighted by atomic mass is 35.5. The predicted molar refractivity (Wildman–Crippen MR) is 48.8 cm³/mol. The van der Waals surface area contributed by atoms with E-state index in [-0.39, 0.29) is 5.82 Å². The van der Waals surface area contributed by atoms with E-state index in [1.165, 1.54) is 12.1 Å². The van der Waals surface area contributed by atoms with Crippen molar-refractivity contribution < 1.29 is 4.39 Å². The molecule has 1 nitrogen and oxygen atoms in total. The van der Waals surface area contributed by atoms with Crippen molar-refractivity contribution in [3.05, 3.63) is 34.6 Å². The fourth-order valence-corrected chi connectivity index (χ4v) is 1.23. The smallest absolute Gasteiger partial charge is 0.125 e. The van der Waals surface area contributed by atoms with Crippen LogP contribution in [0.5, 0.6) is 0 Å². The van der Waals surface area contributed by atoms with Gasteiger partial charge >= 0.3 is 0 Å². The van der Waals surface area contributed by atoms with Crippen LogP contribution in [0.1, 0.15) is 12.5 Å². The third kappa shape index (κ3) is 2.80. The second-order valence-electron chi connectivity index (χ2n) is 2.56.